The molecule has 0 bridgehead atoms. The van der Waals surface area contributed by atoms with Gasteiger partial charge in [-0.3, -0.25) is 0 Å². The Balaban J connectivity index is 1.85. The molecule has 1 fully saturated rings. The van der Waals surface area contributed by atoms with Crippen LogP contribution in [0.3, 0.4) is 0 Å². The van der Waals surface area contributed by atoms with Gasteiger partial charge in [-0.1, -0.05) is 6.42 Å². The second-order valence-electron chi connectivity index (χ2n) is 3.68. The fraction of sp³-hybridized carbons (Fsp3) is 0.833. The molecule has 1 saturated heterocycles. The molecule has 0 aromatic rings. The zero-order chi connectivity index (χ0) is 10.1. The lowest BCUT2D eigenvalue weighted by Crippen LogP contribution is -2.22. The molecular formula is C12H20O2. The lowest BCUT2D eigenvalue weighted by Gasteiger charge is -2.22. The Hall–Kier alpha value is -0.520. The minimum absolute atomic E-state index is 0.0661. The topological polar surface area (TPSA) is 18.5 Å². The standard InChI is InChI=1S/C12H20O2/c1-2-3-4-5-7-10-13-12-9-6-8-11-14-12/h1,12H,3-11H2. The Morgan fingerprint density at radius 3 is 2.93 bits per heavy atom. The summed E-state index contributed by atoms with van der Waals surface area (Å²) in [6, 6.07) is 0. The van der Waals surface area contributed by atoms with Gasteiger partial charge in [0.15, 0.2) is 6.29 Å². The van der Waals surface area contributed by atoms with Crippen molar-refractivity contribution in [1.29, 1.82) is 0 Å². The van der Waals surface area contributed by atoms with Crippen molar-refractivity contribution < 1.29 is 9.47 Å². The molecule has 1 heterocycles. The van der Waals surface area contributed by atoms with Crippen LogP contribution in [0.1, 0.15) is 44.9 Å². The average molecular weight is 196 g/mol. The maximum Gasteiger partial charge on any atom is 0.157 e. The highest BCUT2D eigenvalue weighted by molar-refractivity contribution is 4.82. The van der Waals surface area contributed by atoms with Crippen LogP contribution < -0.4 is 0 Å². The molecule has 1 rings (SSSR count). The van der Waals surface area contributed by atoms with Gasteiger partial charge in [-0.15, -0.1) is 12.3 Å². The number of terminal acetylenes is 1. The third-order valence-electron chi connectivity index (χ3n) is 2.41. The minimum atomic E-state index is 0.0661. The van der Waals surface area contributed by atoms with E-state index in [0.29, 0.717) is 0 Å². The van der Waals surface area contributed by atoms with E-state index < -0.39 is 0 Å². The van der Waals surface area contributed by atoms with Crippen LogP contribution in [-0.4, -0.2) is 19.5 Å². The van der Waals surface area contributed by atoms with E-state index >= 15 is 0 Å². The fourth-order valence-electron chi connectivity index (χ4n) is 1.56. The third kappa shape index (κ3) is 5.26. The van der Waals surface area contributed by atoms with E-state index in [2.05, 4.69) is 5.92 Å². The highest BCUT2D eigenvalue weighted by Crippen LogP contribution is 2.14. The Kier molecular flexibility index (Phi) is 6.47. The summed E-state index contributed by atoms with van der Waals surface area (Å²) in [5.74, 6) is 2.64. The largest absolute Gasteiger partial charge is 0.353 e. The summed E-state index contributed by atoms with van der Waals surface area (Å²) in [7, 11) is 0. The van der Waals surface area contributed by atoms with Crippen LogP contribution in [0.2, 0.25) is 0 Å². The van der Waals surface area contributed by atoms with Crippen molar-refractivity contribution in [2.75, 3.05) is 13.2 Å². The predicted octanol–water partition coefficient (Wildman–Crippen LogP) is 2.72. The van der Waals surface area contributed by atoms with E-state index in [1.165, 1.54) is 12.8 Å². The third-order valence-corrected chi connectivity index (χ3v) is 2.41. The van der Waals surface area contributed by atoms with Crippen molar-refractivity contribution >= 4 is 0 Å². The highest BCUT2D eigenvalue weighted by atomic mass is 16.7. The molecule has 2 nitrogen and oxygen atoms in total. The van der Waals surface area contributed by atoms with Gasteiger partial charge >= 0.3 is 0 Å². The number of ether oxygens (including phenoxy) is 2. The first-order valence-electron chi connectivity index (χ1n) is 5.60. The van der Waals surface area contributed by atoms with E-state index in [1.807, 2.05) is 0 Å². The molecule has 0 aliphatic carbocycles. The van der Waals surface area contributed by atoms with Gasteiger partial charge in [0.05, 0.1) is 0 Å². The summed E-state index contributed by atoms with van der Waals surface area (Å²) < 4.78 is 11.0. The first kappa shape index (κ1) is 11.6. The molecule has 0 amide bonds. The smallest absolute Gasteiger partial charge is 0.157 e. The lowest BCUT2D eigenvalue weighted by molar-refractivity contribution is -0.162. The fourth-order valence-corrected chi connectivity index (χ4v) is 1.56. The van der Waals surface area contributed by atoms with Gasteiger partial charge in [-0.25, -0.2) is 0 Å². The molecular weight excluding hydrogens is 176 g/mol. The van der Waals surface area contributed by atoms with Crippen molar-refractivity contribution in [3.05, 3.63) is 0 Å². The highest BCUT2D eigenvalue weighted by Gasteiger charge is 2.12. The van der Waals surface area contributed by atoms with Crippen molar-refractivity contribution in [3.63, 3.8) is 0 Å². The summed E-state index contributed by atoms with van der Waals surface area (Å²) in [6.45, 7) is 1.68. The van der Waals surface area contributed by atoms with E-state index in [-0.39, 0.29) is 6.29 Å². The number of unbranched alkanes of at least 4 members (excludes halogenated alkanes) is 3. The first-order valence-corrected chi connectivity index (χ1v) is 5.60. The molecule has 0 saturated carbocycles. The van der Waals surface area contributed by atoms with Gasteiger partial charge in [-0.2, -0.15) is 0 Å². The van der Waals surface area contributed by atoms with Crippen molar-refractivity contribution in [1.82, 2.24) is 0 Å². The van der Waals surface area contributed by atoms with Gasteiger partial charge in [-0.05, 0) is 32.1 Å². The van der Waals surface area contributed by atoms with Gasteiger partial charge in [0.1, 0.15) is 0 Å². The predicted molar refractivity (Wildman–Crippen MR) is 56.8 cm³/mol. The summed E-state index contributed by atoms with van der Waals surface area (Å²) in [4.78, 5) is 0. The summed E-state index contributed by atoms with van der Waals surface area (Å²) in [5.41, 5.74) is 0. The van der Waals surface area contributed by atoms with Crippen LogP contribution in [-0.2, 0) is 9.47 Å². The second kappa shape index (κ2) is 7.84. The van der Waals surface area contributed by atoms with E-state index in [1.54, 1.807) is 0 Å². The summed E-state index contributed by atoms with van der Waals surface area (Å²) in [6.07, 6.45) is 13.0. The van der Waals surface area contributed by atoms with Crippen LogP contribution in [0, 0.1) is 12.3 Å². The number of hydrogen-bond donors (Lipinski definition) is 0. The molecule has 1 unspecified atom stereocenters. The van der Waals surface area contributed by atoms with E-state index in [9.17, 15) is 0 Å². The maximum absolute atomic E-state index is 5.59. The Labute approximate surface area is 87.0 Å². The van der Waals surface area contributed by atoms with Gasteiger partial charge in [0, 0.05) is 19.6 Å². The van der Waals surface area contributed by atoms with Crippen LogP contribution in [0.25, 0.3) is 0 Å². The molecule has 2 heteroatoms. The molecule has 0 spiro atoms. The Bertz CT molecular complexity index is 166. The molecule has 0 N–H and O–H groups in total. The maximum atomic E-state index is 5.59. The number of hydrogen-bond acceptors (Lipinski definition) is 2. The zero-order valence-corrected chi connectivity index (χ0v) is 8.84. The zero-order valence-electron chi connectivity index (χ0n) is 8.84. The molecule has 80 valence electrons. The summed E-state index contributed by atoms with van der Waals surface area (Å²) >= 11 is 0. The van der Waals surface area contributed by atoms with Crippen LogP contribution >= 0.6 is 0 Å². The Morgan fingerprint density at radius 1 is 1.29 bits per heavy atom. The SMILES string of the molecule is C#CCCCCCOC1CCCCO1. The Morgan fingerprint density at radius 2 is 2.21 bits per heavy atom. The lowest BCUT2D eigenvalue weighted by atomic mass is 10.2. The van der Waals surface area contributed by atoms with E-state index in [4.69, 9.17) is 15.9 Å². The molecule has 1 aliphatic rings. The average Bonchev–Trinajstić information content (AvgIpc) is 2.25. The first-order chi connectivity index (χ1) is 6.93. The van der Waals surface area contributed by atoms with Crippen LogP contribution in [0.4, 0.5) is 0 Å². The quantitative estimate of drug-likeness (QED) is 0.480. The van der Waals surface area contributed by atoms with Gasteiger partial charge < -0.3 is 9.47 Å². The summed E-state index contributed by atoms with van der Waals surface area (Å²) in [5, 5.41) is 0. The van der Waals surface area contributed by atoms with Crippen LogP contribution in [0.5, 0.6) is 0 Å². The van der Waals surface area contributed by atoms with Crippen LogP contribution in [0.15, 0.2) is 0 Å². The van der Waals surface area contributed by atoms with E-state index in [0.717, 1.165) is 45.3 Å². The molecule has 0 aromatic heterocycles. The molecule has 14 heavy (non-hydrogen) atoms. The second-order valence-corrected chi connectivity index (χ2v) is 3.68. The molecule has 1 aliphatic heterocycles. The number of rotatable bonds is 6. The van der Waals surface area contributed by atoms with Crippen molar-refractivity contribution in [2.24, 2.45) is 0 Å². The molecule has 1 atom stereocenters. The van der Waals surface area contributed by atoms with Gasteiger partial charge in [0.2, 0.25) is 0 Å². The minimum Gasteiger partial charge on any atom is -0.353 e. The van der Waals surface area contributed by atoms with Crippen molar-refractivity contribution in [2.45, 2.75) is 51.2 Å². The van der Waals surface area contributed by atoms with Crippen molar-refractivity contribution in [3.8, 4) is 12.3 Å². The molecule has 0 aromatic carbocycles. The normalized spacial score (nSPS) is 21.8. The van der Waals surface area contributed by atoms with Gasteiger partial charge in [0.25, 0.3) is 0 Å². The molecule has 0 radical (unpaired) electrons. The monoisotopic (exact) mass is 196 g/mol.